The second-order valence-corrected chi connectivity index (χ2v) is 4.52. The minimum Gasteiger partial charge on any atom is -0.399 e. The lowest BCUT2D eigenvalue weighted by atomic mass is 9.93. The van der Waals surface area contributed by atoms with Gasteiger partial charge >= 0.3 is 0 Å². The molecule has 0 radical (unpaired) electrons. The zero-order valence-electron chi connectivity index (χ0n) is 9.90. The minimum absolute atomic E-state index is 0.529. The van der Waals surface area contributed by atoms with Crippen LogP contribution in [-0.2, 0) is 10.6 Å². The first kappa shape index (κ1) is 13.1. The minimum atomic E-state index is -0.529. The van der Waals surface area contributed by atoms with Crippen molar-refractivity contribution in [2.24, 2.45) is 10.9 Å². The fourth-order valence-electron chi connectivity index (χ4n) is 1.40. The van der Waals surface area contributed by atoms with E-state index in [1.54, 1.807) is 0 Å². The number of rotatable bonds is 4. The normalized spacial score (nSPS) is 12.7. The summed E-state index contributed by atoms with van der Waals surface area (Å²) in [4.78, 5) is 4.83. The number of benzene rings is 1. The zero-order chi connectivity index (χ0) is 12.2. The molecule has 0 atom stereocenters. The van der Waals surface area contributed by atoms with Crippen LogP contribution in [0, 0.1) is 0 Å². The standard InChI is InChI=1S/C12H18N2OS/c1-12(2,13)11(14-15-3)10-6-4-9(8-16)5-7-10/h4-7,16H,8,13H2,1-3H3/b14-11-. The van der Waals surface area contributed by atoms with Gasteiger partial charge in [0.25, 0.3) is 0 Å². The summed E-state index contributed by atoms with van der Waals surface area (Å²) >= 11 is 4.21. The van der Waals surface area contributed by atoms with Gasteiger partial charge in [-0.1, -0.05) is 29.4 Å². The molecule has 0 heterocycles. The molecule has 0 bridgehead atoms. The third kappa shape index (κ3) is 3.25. The Balaban J connectivity index is 3.08. The molecule has 1 aromatic rings. The van der Waals surface area contributed by atoms with Crippen LogP contribution in [0.5, 0.6) is 0 Å². The molecule has 2 N–H and O–H groups in total. The number of hydrogen-bond acceptors (Lipinski definition) is 4. The summed E-state index contributed by atoms with van der Waals surface area (Å²) in [6, 6.07) is 7.99. The lowest BCUT2D eigenvalue weighted by Crippen LogP contribution is -2.42. The largest absolute Gasteiger partial charge is 0.399 e. The van der Waals surface area contributed by atoms with Crippen LogP contribution in [0.2, 0.25) is 0 Å². The highest BCUT2D eigenvalue weighted by Gasteiger charge is 2.22. The van der Waals surface area contributed by atoms with Crippen molar-refractivity contribution < 1.29 is 4.84 Å². The first-order valence-corrected chi connectivity index (χ1v) is 5.73. The highest BCUT2D eigenvalue weighted by molar-refractivity contribution is 7.79. The highest BCUT2D eigenvalue weighted by Crippen LogP contribution is 2.14. The summed E-state index contributed by atoms with van der Waals surface area (Å²) in [6.45, 7) is 3.80. The molecule has 0 saturated carbocycles. The smallest absolute Gasteiger partial charge is 0.106 e. The topological polar surface area (TPSA) is 47.6 Å². The Hall–Kier alpha value is -1.00. The van der Waals surface area contributed by atoms with Gasteiger partial charge in [0, 0.05) is 11.3 Å². The van der Waals surface area contributed by atoms with Crippen molar-refractivity contribution in [3.8, 4) is 0 Å². The fraction of sp³-hybridized carbons (Fsp3) is 0.417. The van der Waals surface area contributed by atoms with E-state index in [-0.39, 0.29) is 0 Å². The Labute approximate surface area is 102 Å². The van der Waals surface area contributed by atoms with Gasteiger partial charge in [0.15, 0.2) is 0 Å². The molecule has 1 aromatic carbocycles. The Morgan fingerprint density at radius 3 is 2.31 bits per heavy atom. The first-order valence-electron chi connectivity index (χ1n) is 5.09. The third-order valence-corrected chi connectivity index (χ3v) is 2.57. The number of nitrogens with zero attached hydrogens (tertiary/aromatic N) is 1. The van der Waals surface area contributed by atoms with Gasteiger partial charge in [-0.15, -0.1) is 0 Å². The first-order chi connectivity index (χ1) is 7.49. The van der Waals surface area contributed by atoms with Crippen LogP contribution in [-0.4, -0.2) is 18.4 Å². The lowest BCUT2D eigenvalue weighted by Gasteiger charge is -2.20. The maximum Gasteiger partial charge on any atom is 0.106 e. The lowest BCUT2D eigenvalue weighted by molar-refractivity contribution is 0.211. The van der Waals surface area contributed by atoms with Gasteiger partial charge in [0.1, 0.15) is 12.8 Å². The van der Waals surface area contributed by atoms with Crippen LogP contribution in [0.3, 0.4) is 0 Å². The molecule has 1 rings (SSSR count). The third-order valence-electron chi connectivity index (χ3n) is 2.20. The van der Waals surface area contributed by atoms with Gasteiger partial charge in [0.2, 0.25) is 0 Å². The van der Waals surface area contributed by atoms with E-state index in [9.17, 15) is 0 Å². The molecule has 0 fully saturated rings. The number of nitrogens with two attached hydrogens (primary N) is 1. The molecule has 0 unspecified atom stereocenters. The predicted molar refractivity (Wildman–Crippen MR) is 70.9 cm³/mol. The van der Waals surface area contributed by atoms with Crippen molar-refractivity contribution in [2.45, 2.75) is 25.1 Å². The van der Waals surface area contributed by atoms with Crippen LogP contribution in [0.4, 0.5) is 0 Å². The molecule has 16 heavy (non-hydrogen) atoms. The molecular weight excluding hydrogens is 220 g/mol. The van der Waals surface area contributed by atoms with Crippen molar-refractivity contribution in [3.63, 3.8) is 0 Å². The molecule has 0 spiro atoms. The quantitative estimate of drug-likeness (QED) is 0.480. The Morgan fingerprint density at radius 2 is 1.94 bits per heavy atom. The number of thiol groups is 1. The van der Waals surface area contributed by atoms with E-state index in [4.69, 9.17) is 10.6 Å². The molecule has 0 saturated heterocycles. The monoisotopic (exact) mass is 238 g/mol. The van der Waals surface area contributed by atoms with Crippen molar-refractivity contribution in [1.29, 1.82) is 0 Å². The van der Waals surface area contributed by atoms with E-state index < -0.39 is 5.54 Å². The van der Waals surface area contributed by atoms with Crippen LogP contribution < -0.4 is 5.73 Å². The fourth-order valence-corrected chi connectivity index (χ4v) is 1.61. The Morgan fingerprint density at radius 1 is 1.38 bits per heavy atom. The van der Waals surface area contributed by atoms with Crippen LogP contribution in [0.25, 0.3) is 0 Å². The second-order valence-electron chi connectivity index (χ2n) is 4.20. The molecule has 0 aliphatic rings. The van der Waals surface area contributed by atoms with Gasteiger partial charge < -0.3 is 10.6 Å². The summed E-state index contributed by atoms with van der Waals surface area (Å²) < 4.78 is 0. The average Bonchev–Trinajstić information content (AvgIpc) is 2.25. The summed E-state index contributed by atoms with van der Waals surface area (Å²) in [5.74, 6) is 0.725. The van der Waals surface area contributed by atoms with Crippen molar-refractivity contribution in [3.05, 3.63) is 35.4 Å². The predicted octanol–water partition coefficient (Wildman–Crippen LogP) is 2.20. The van der Waals surface area contributed by atoms with Crippen molar-refractivity contribution >= 4 is 18.3 Å². The molecule has 4 heteroatoms. The molecule has 88 valence electrons. The van der Waals surface area contributed by atoms with Crippen LogP contribution >= 0.6 is 12.6 Å². The molecular formula is C12H18N2OS. The summed E-state index contributed by atoms with van der Waals surface area (Å²) in [6.07, 6.45) is 0. The van der Waals surface area contributed by atoms with Crippen molar-refractivity contribution in [2.75, 3.05) is 7.11 Å². The molecule has 0 amide bonds. The van der Waals surface area contributed by atoms with E-state index in [2.05, 4.69) is 17.8 Å². The maximum atomic E-state index is 6.04. The summed E-state index contributed by atoms with van der Waals surface area (Å²) in [5.41, 5.74) is 8.39. The molecule has 0 aliphatic heterocycles. The SMILES string of the molecule is CO/N=C(/c1ccc(CS)cc1)C(C)(C)N. The van der Waals surface area contributed by atoms with Gasteiger partial charge in [-0.25, -0.2) is 0 Å². The summed E-state index contributed by atoms with van der Waals surface area (Å²) in [7, 11) is 1.52. The van der Waals surface area contributed by atoms with Crippen LogP contribution in [0.1, 0.15) is 25.0 Å². The van der Waals surface area contributed by atoms with Gasteiger partial charge in [0.05, 0.1) is 5.54 Å². The Bertz CT molecular complexity index is 366. The molecule has 3 nitrogen and oxygen atoms in total. The Kier molecular flexibility index (Phi) is 4.38. The number of oxime groups is 1. The van der Waals surface area contributed by atoms with Gasteiger partial charge in [-0.3, -0.25) is 0 Å². The number of hydrogen-bond donors (Lipinski definition) is 2. The van der Waals surface area contributed by atoms with Crippen molar-refractivity contribution in [1.82, 2.24) is 0 Å². The van der Waals surface area contributed by atoms with E-state index in [1.807, 2.05) is 38.1 Å². The highest BCUT2D eigenvalue weighted by atomic mass is 32.1. The van der Waals surface area contributed by atoms with Gasteiger partial charge in [-0.05, 0) is 19.4 Å². The average molecular weight is 238 g/mol. The van der Waals surface area contributed by atoms with E-state index >= 15 is 0 Å². The van der Waals surface area contributed by atoms with Gasteiger partial charge in [-0.2, -0.15) is 12.6 Å². The van der Waals surface area contributed by atoms with E-state index in [0.29, 0.717) is 0 Å². The zero-order valence-corrected chi connectivity index (χ0v) is 10.8. The van der Waals surface area contributed by atoms with E-state index in [1.165, 1.54) is 12.7 Å². The molecule has 0 aromatic heterocycles. The summed E-state index contributed by atoms with van der Waals surface area (Å²) in [5, 5.41) is 3.99. The second kappa shape index (κ2) is 5.37. The van der Waals surface area contributed by atoms with E-state index in [0.717, 1.165) is 17.0 Å². The molecule has 0 aliphatic carbocycles. The van der Waals surface area contributed by atoms with Crippen LogP contribution in [0.15, 0.2) is 29.4 Å². The maximum absolute atomic E-state index is 6.04.